The molecule has 0 saturated carbocycles. The fraction of sp³-hybridized carbons (Fsp3) is 0.167. The molecule has 140 valence electrons. The molecule has 0 bridgehead atoms. The number of rotatable bonds is 6. The maximum atomic E-state index is 12.7. The number of carbonyl (C=O) groups is 1. The summed E-state index contributed by atoms with van der Waals surface area (Å²) in [4.78, 5) is 19.3. The summed E-state index contributed by atoms with van der Waals surface area (Å²) in [7, 11) is 1.86. The molecule has 0 radical (unpaired) electrons. The number of aryl methyl sites for hydroxylation is 1. The van der Waals surface area contributed by atoms with Crippen LogP contribution in [-0.4, -0.2) is 27.4 Å². The first-order chi connectivity index (χ1) is 13.7. The van der Waals surface area contributed by atoms with Gasteiger partial charge in [0.25, 0.3) is 0 Å². The van der Waals surface area contributed by atoms with Gasteiger partial charge in [-0.15, -0.1) is 0 Å². The van der Waals surface area contributed by atoms with Crippen molar-refractivity contribution in [3.63, 3.8) is 0 Å². The van der Waals surface area contributed by atoms with Crippen LogP contribution in [0.5, 0.6) is 0 Å². The minimum Gasteiger partial charge on any atom is -0.341 e. The van der Waals surface area contributed by atoms with Gasteiger partial charge in [-0.3, -0.25) is 9.36 Å². The zero-order valence-corrected chi connectivity index (χ0v) is 16.0. The maximum absolute atomic E-state index is 12.7. The summed E-state index contributed by atoms with van der Waals surface area (Å²) in [5.74, 6) is 1.03. The molecule has 0 aliphatic heterocycles. The molecule has 1 heterocycles. The van der Waals surface area contributed by atoms with Crippen LogP contribution in [0.2, 0.25) is 0 Å². The van der Waals surface area contributed by atoms with Crippen molar-refractivity contribution in [2.45, 2.75) is 19.4 Å². The van der Waals surface area contributed by atoms with Crippen molar-refractivity contribution in [3.8, 4) is 5.69 Å². The first kappa shape index (κ1) is 18.0. The highest BCUT2D eigenvalue weighted by Gasteiger charge is 2.15. The number of hydrogen-bond donors (Lipinski definition) is 0. The van der Waals surface area contributed by atoms with Gasteiger partial charge in [0, 0.05) is 32.1 Å². The second-order valence-electron chi connectivity index (χ2n) is 6.92. The van der Waals surface area contributed by atoms with Gasteiger partial charge in [-0.05, 0) is 29.8 Å². The molecule has 4 heteroatoms. The topological polar surface area (TPSA) is 38.1 Å². The van der Waals surface area contributed by atoms with Gasteiger partial charge in [-0.1, -0.05) is 60.7 Å². The van der Waals surface area contributed by atoms with E-state index in [-0.39, 0.29) is 5.91 Å². The summed E-state index contributed by atoms with van der Waals surface area (Å²) < 4.78 is 2.15. The van der Waals surface area contributed by atoms with Gasteiger partial charge in [0.05, 0.1) is 11.0 Å². The second kappa shape index (κ2) is 8.09. The molecule has 4 rings (SSSR count). The van der Waals surface area contributed by atoms with Crippen molar-refractivity contribution in [2.24, 2.45) is 0 Å². The molecule has 0 saturated heterocycles. The van der Waals surface area contributed by atoms with E-state index in [0.717, 1.165) is 28.1 Å². The smallest absolute Gasteiger partial charge is 0.223 e. The molecule has 4 nitrogen and oxygen atoms in total. The predicted octanol–water partition coefficient (Wildman–Crippen LogP) is 4.62. The molecule has 0 aliphatic rings. The zero-order chi connectivity index (χ0) is 19.3. The largest absolute Gasteiger partial charge is 0.341 e. The molecule has 1 aromatic heterocycles. The molecule has 0 spiro atoms. The van der Waals surface area contributed by atoms with Gasteiger partial charge in [0.1, 0.15) is 5.82 Å². The van der Waals surface area contributed by atoms with Crippen molar-refractivity contribution in [1.29, 1.82) is 0 Å². The number of fused-ring (bicyclic) bond motifs is 1. The fourth-order valence-corrected chi connectivity index (χ4v) is 3.46. The van der Waals surface area contributed by atoms with Crippen LogP contribution in [0.1, 0.15) is 17.8 Å². The average molecular weight is 369 g/mol. The molecule has 3 aromatic carbocycles. The van der Waals surface area contributed by atoms with Crippen molar-refractivity contribution in [1.82, 2.24) is 14.5 Å². The van der Waals surface area contributed by atoms with Crippen molar-refractivity contribution < 1.29 is 4.79 Å². The molecule has 0 aliphatic carbocycles. The molecule has 1 amide bonds. The van der Waals surface area contributed by atoms with E-state index in [1.54, 1.807) is 4.90 Å². The molecule has 0 N–H and O–H groups in total. The molecule has 28 heavy (non-hydrogen) atoms. The second-order valence-corrected chi connectivity index (χ2v) is 6.92. The van der Waals surface area contributed by atoms with Crippen LogP contribution in [0.4, 0.5) is 0 Å². The highest BCUT2D eigenvalue weighted by molar-refractivity contribution is 5.79. The van der Waals surface area contributed by atoms with Gasteiger partial charge < -0.3 is 4.90 Å². The Kier molecular flexibility index (Phi) is 5.20. The summed E-state index contributed by atoms with van der Waals surface area (Å²) >= 11 is 0. The molecular formula is C24H23N3O. The van der Waals surface area contributed by atoms with Crippen LogP contribution in [-0.2, 0) is 17.8 Å². The van der Waals surface area contributed by atoms with Crippen molar-refractivity contribution >= 4 is 16.9 Å². The van der Waals surface area contributed by atoms with Crippen LogP contribution in [0.25, 0.3) is 16.7 Å². The Morgan fingerprint density at radius 1 is 0.893 bits per heavy atom. The quantitative estimate of drug-likeness (QED) is 0.497. The van der Waals surface area contributed by atoms with E-state index in [1.807, 2.05) is 73.8 Å². The Hall–Kier alpha value is -3.40. The normalized spacial score (nSPS) is 10.9. The molecule has 0 fully saturated rings. The fourth-order valence-electron chi connectivity index (χ4n) is 3.46. The summed E-state index contributed by atoms with van der Waals surface area (Å²) in [6.45, 7) is 0.620. The molecular weight excluding hydrogens is 346 g/mol. The summed E-state index contributed by atoms with van der Waals surface area (Å²) in [5.41, 5.74) is 4.21. The number of nitrogens with zero attached hydrogens (tertiary/aromatic N) is 3. The summed E-state index contributed by atoms with van der Waals surface area (Å²) in [6, 6.07) is 28.3. The Balaban J connectivity index is 1.54. The highest BCUT2D eigenvalue weighted by Crippen LogP contribution is 2.22. The molecule has 0 atom stereocenters. The lowest BCUT2D eigenvalue weighted by Gasteiger charge is -2.17. The van der Waals surface area contributed by atoms with Gasteiger partial charge in [-0.25, -0.2) is 4.98 Å². The van der Waals surface area contributed by atoms with Gasteiger partial charge in [0.2, 0.25) is 5.91 Å². The first-order valence-electron chi connectivity index (χ1n) is 9.52. The third-order valence-electron chi connectivity index (χ3n) is 4.90. The van der Waals surface area contributed by atoms with E-state index in [9.17, 15) is 4.79 Å². The third-order valence-corrected chi connectivity index (χ3v) is 4.90. The number of carbonyl (C=O) groups excluding carboxylic acids is 1. The van der Waals surface area contributed by atoms with E-state index < -0.39 is 0 Å². The van der Waals surface area contributed by atoms with Crippen molar-refractivity contribution in [3.05, 3.63) is 96.3 Å². The Labute approximate surface area is 165 Å². The molecule has 4 aromatic rings. The minimum atomic E-state index is 0.121. The summed E-state index contributed by atoms with van der Waals surface area (Å²) in [5, 5.41) is 0. The standard InChI is InChI=1S/C24H23N3O/c1-26(18-19-10-4-2-5-11-19)24(28)17-16-23-25-21-14-8-9-15-22(21)27(23)20-12-6-3-7-13-20/h2-15H,16-18H2,1H3. The van der Waals surface area contributed by atoms with Crippen LogP contribution >= 0.6 is 0 Å². The predicted molar refractivity (Wildman–Crippen MR) is 112 cm³/mol. The van der Waals surface area contributed by atoms with Gasteiger partial charge in [-0.2, -0.15) is 0 Å². The van der Waals surface area contributed by atoms with Crippen molar-refractivity contribution in [2.75, 3.05) is 7.05 Å². The van der Waals surface area contributed by atoms with E-state index in [4.69, 9.17) is 4.98 Å². The minimum absolute atomic E-state index is 0.121. The van der Waals surface area contributed by atoms with E-state index in [2.05, 4.69) is 22.8 Å². The number of amides is 1. The number of benzene rings is 3. The number of para-hydroxylation sites is 3. The molecule has 0 unspecified atom stereocenters. The van der Waals surface area contributed by atoms with E-state index in [1.165, 1.54) is 0 Å². The first-order valence-corrected chi connectivity index (χ1v) is 9.52. The highest BCUT2D eigenvalue weighted by atomic mass is 16.2. The van der Waals surface area contributed by atoms with E-state index >= 15 is 0 Å². The van der Waals surface area contributed by atoms with Crippen LogP contribution < -0.4 is 0 Å². The van der Waals surface area contributed by atoms with E-state index in [0.29, 0.717) is 19.4 Å². The Bertz CT molecular complexity index is 1070. The summed E-state index contributed by atoms with van der Waals surface area (Å²) in [6.07, 6.45) is 1.03. The van der Waals surface area contributed by atoms with Gasteiger partial charge in [0.15, 0.2) is 0 Å². The third kappa shape index (κ3) is 3.81. The van der Waals surface area contributed by atoms with Gasteiger partial charge >= 0.3 is 0 Å². The average Bonchev–Trinajstić information content (AvgIpc) is 3.11. The number of hydrogen-bond acceptors (Lipinski definition) is 2. The SMILES string of the molecule is CN(Cc1ccccc1)C(=O)CCc1nc2ccccc2n1-c1ccccc1. The van der Waals surface area contributed by atoms with Crippen LogP contribution in [0.3, 0.4) is 0 Å². The number of aromatic nitrogens is 2. The van der Waals surface area contributed by atoms with Crippen LogP contribution in [0.15, 0.2) is 84.9 Å². The Morgan fingerprint density at radius 3 is 2.29 bits per heavy atom. The zero-order valence-electron chi connectivity index (χ0n) is 16.0. The lowest BCUT2D eigenvalue weighted by molar-refractivity contribution is -0.130. The van der Waals surface area contributed by atoms with Crippen LogP contribution in [0, 0.1) is 0 Å². The monoisotopic (exact) mass is 369 g/mol. The lowest BCUT2D eigenvalue weighted by Crippen LogP contribution is -2.26. The lowest BCUT2D eigenvalue weighted by atomic mass is 10.2. The Morgan fingerprint density at radius 2 is 1.54 bits per heavy atom. The number of imidazole rings is 1. The maximum Gasteiger partial charge on any atom is 0.223 e.